The number of aromatic nitrogens is 4. The van der Waals surface area contributed by atoms with Crippen LogP contribution in [0.2, 0.25) is 0 Å². The third-order valence-corrected chi connectivity index (χ3v) is 9.26. The van der Waals surface area contributed by atoms with E-state index in [9.17, 15) is 19.3 Å². The Bertz CT molecular complexity index is 1300. The number of phosphoric ester groups is 1. The highest BCUT2D eigenvalue weighted by Crippen LogP contribution is 2.58. The molecule has 17 heteroatoms. The van der Waals surface area contributed by atoms with Gasteiger partial charge in [-0.3, -0.25) is 27.7 Å². The fourth-order valence-electron chi connectivity index (χ4n) is 4.11. The molecule has 2 fully saturated rings. The molecule has 40 heavy (non-hydrogen) atoms. The lowest BCUT2D eigenvalue weighted by Gasteiger charge is -2.35. The van der Waals surface area contributed by atoms with Gasteiger partial charge in [-0.25, -0.2) is 14.5 Å². The number of anilines is 1. The summed E-state index contributed by atoms with van der Waals surface area (Å²) in [7, 11) is -4.09. The molecule has 222 valence electrons. The number of carbonyl (C=O) groups is 2. The molecule has 0 saturated carbocycles. The van der Waals surface area contributed by atoms with E-state index < -0.39 is 49.3 Å². The van der Waals surface area contributed by atoms with Gasteiger partial charge in [-0.2, -0.15) is 4.98 Å². The van der Waals surface area contributed by atoms with E-state index in [-0.39, 0.29) is 42.6 Å². The lowest BCUT2D eigenvalue weighted by Crippen LogP contribution is -2.47. The highest BCUT2D eigenvalue weighted by atomic mass is 32.2. The van der Waals surface area contributed by atoms with Gasteiger partial charge in [-0.1, -0.05) is 25.6 Å². The fraction of sp³-hybridized carbons (Fsp3) is 0.696. The molecule has 4 rings (SSSR count). The van der Waals surface area contributed by atoms with Crippen LogP contribution in [0.3, 0.4) is 0 Å². The number of thioether (sulfide) groups is 1. The lowest BCUT2D eigenvalue weighted by molar-refractivity contribution is -0.150. The molecule has 5 N–H and O–H groups in total. The SMILES string of the molecule is CC(C)[C@H](N)C(=O)OCC(C)(C)C(=O)SCCOP1(=O)OC[C@H]2O[C@@H](n3cnc4cnc(N)nc43)[C@](C)(O)[C@@H]2O1. The zero-order chi connectivity index (χ0) is 29.5. The molecule has 2 aromatic heterocycles. The molecule has 4 heterocycles. The van der Waals surface area contributed by atoms with Crippen molar-refractivity contribution in [2.24, 2.45) is 17.1 Å². The summed E-state index contributed by atoms with van der Waals surface area (Å²) < 4.78 is 42.3. The van der Waals surface area contributed by atoms with E-state index in [0.29, 0.717) is 11.2 Å². The van der Waals surface area contributed by atoms with E-state index >= 15 is 0 Å². The molecule has 0 amide bonds. The number of phosphoric acid groups is 1. The molecule has 2 aromatic rings. The van der Waals surface area contributed by atoms with Crippen LogP contribution in [0.25, 0.3) is 11.2 Å². The first-order chi connectivity index (χ1) is 18.6. The molecule has 6 atom stereocenters. The van der Waals surface area contributed by atoms with Crippen LogP contribution in [0.5, 0.6) is 0 Å². The topological polar surface area (TPSA) is 213 Å². The average molecular weight is 603 g/mol. The molecule has 0 radical (unpaired) electrons. The van der Waals surface area contributed by atoms with Crippen LogP contribution in [-0.2, 0) is 37.2 Å². The summed E-state index contributed by atoms with van der Waals surface area (Å²) in [5.41, 5.74) is 9.63. The van der Waals surface area contributed by atoms with Crippen molar-refractivity contribution in [1.82, 2.24) is 19.5 Å². The zero-order valence-corrected chi connectivity index (χ0v) is 24.6. The third-order valence-electron chi connectivity index (χ3n) is 6.63. The minimum atomic E-state index is -4.09. The second kappa shape index (κ2) is 11.6. The number of fused-ring (bicyclic) bond motifs is 2. The Morgan fingerprint density at radius 1 is 1.38 bits per heavy atom. The number of imidazole rings is 1. The molecule has 0 aliphatic carbocycles. The van der Waals surface area contributed by atoms with Gasteiger partial charge in [0.05, 0.1) is 31.2 Å². The zero-order valence-electron chi connectivity index (χ0n) is 22.9. The summed E-state index contributed by atoms with van der Waals surface area (Å²) in [6.45, 7) is 7.94. The van der Waals surface area contributed by atoms with Crippen molar-refractivity contribution in [3.8, 4) is 0 Å². The van der Waals surface area contributed by atoms with Crippen molar-refractivity contribution in [2.45, 2.75) is 64.7 Å². The first kappa shape index (κ1) is 30.8. The molecular weight excluding hydrogens is 567 g/mol. The summed E-state index contributed by atoms with van der Waals surface area (Å²) in [5, 5.41) is 11.1. The van der Waals surface area contributed by atoms with E-state index in [4.69, 9.17) is 34.5 Å². The number of nitrogen functional groups attached to an aromatic ring is 1. The van der Waals surface area contributed by atoms with Crippen LogP contribution in [0.15, 0.2) is 12.5 Å². The molecule has 2 aliphatic rings. The Balaban J connectivity index is 1.30. The predicted molar refractivity (Wildman–Crippen MR) is 144 cm³/mol. The largest absolute Gasteiger partial charge is 0.475 e. The number of carbonyl (C=O) groups excluding carboxylic acids is 2. The molecule has 0 spiro atoms. The molecule has 2 saturated heterocycles. The standard InChI is InChI=1S/C23H35N6O9PS/c1-12(2)15(24)18(30)34-10-22(3,4)20(31)40-7-6-35-39(33)36-9-14-16(38-39)23(5,32)19(37-14)29-11-27-13-8-26-21(25)28-17(13)29/h8,11-12,14-16,19,32H,6-7,9-10,24H2,1-5H3,(H2,25,26,28)/t14-,15+,16-,19-,23-,39?/m1/s1. The summed E-state index contributed by atoms with van der Waals surface area (Å²) in [4.78, 5) is 37.0. The molecule has 0 bridgehead atoms. The number of hydrogen-bond donors (Lipinski definition) is 3. The Morgan fingerprint density at radius 3 is 2.80 bits per heavy atom. The van der Waals surface area contributed by atoms with Gasteiger partial charge in [0.25, 0.3) is 0 Å². The molecule has 2 aliphatic heterocycles. The van der Waals surface area contributed by atoms with Crippen molar-refractivity contribution in [3.05, 3.63) is 12.5 Å². The molecule has 0 aromatic carbocycles. The van der Waals surface area contributed by atoms with Crippen LogP contribution in [0.1, 0.15) is 40.8 Å². The number of ether oxygens (including phenoxy) is 2. The maximum atomic E-state index is 13.2. The van der Waals surface area contributed by atoms with Crippen LogP contribution in [0, 0.1) is 11.3 Å². The van der Waals surface area contributed by atoms with Crippen molar-refractivity contribution in [1.29, 1.82) is 0 Å². The first-order valence-electron chi connectivity index (χ1n) is 12.6. The summed E-state index contributed by atoms with van der Waals surface area (Å²) in [6, 6.07) is -0.771. The molecule has 15 nitrogen and oxygen atoms in total. The smallest absolute Gasteiger partial charge is 0.463 e. The monoisotopic (exact) mass is 602 g/mol. The Labute approximate surface area is 235 Å². The maximum Gasteiger partial charge on any atom is 0.475 e. The Kier molecular flexibility index (Phi) is 8.93. The quantitative estimate of drug-likeness (QED) is 0.199. The number of nitrogens with zero attached hydrogens (tertiary/aromatic N) is 4. The van der Waals surface area contributed by atoms with Crippen molar-refractivity contribution in [2.75, 3.05) is 31.3 Å². The van der Waals surface area contributed by atoms with Gasteiger partial charge in [0.2, 0.25) is 5.95 Å². The predicted octanol–water partition coefficient (Wildman–Crippen LogP) is 1.41. The molecular formula is C23H35N6O9PS. The highest BCUT2D eigenvalue weighted by molar-refractivity contribution is 8.13. The van der Waals surface area contributed by atoms with Gasteiger partial charge < -0.3 is 26.0 Å². The van der Waals surface area contributed by atoms with E-state index in [0.717, 1.165) is 11.8 Å². The van der Waals surface area contributed by atoms with Crippen LogP contribution in [-0.4, -0.2) is 85.1 Å². The second-order valence-electron chi connectivity index (χ2n) is 10.8. The Hall–Kier alpha value is -2.17. The van der Waals surface area contributed by atoms with Gasteiger partial charge >= 0.3 is 13.8 Å². The van der Waals surface area contributed by atoms with Crippen molar-refractivity contribution < 1.29 is 42.3 Å². The third kappa shape index (κ3) is 6.34. The normalized spacial score (nSPS) is 29.4. The van der Waals surface area contributed by atoms with E-state index in [2.05, 4.69) is 15.0 Å². The van der Waals surface area contributed by atoms with E-state index in [1.54, 1.807) is 27.7 Å². The van der Waals surface area contributed by atoms with E-state index in [1.807, 2.05) is 0 Å². The molecule has 1 unspecified atom stereocenters. The van der Waals surface area contributed by atoms with E-state index in [1.165, 1.54) is 24.0 Å². The summed E-state index contributed by atoms with van der Waals surface area (Å²) in [5.74, 6) is -0.507. The lowest BCUT2D eigenvalue weighted by atomic mass is 9.96. The second-order valence-corrected chi connectivity index (χ2v) is 13.5. The number of aliphatic hydroxyl groups is 1. The number of nitrogens with two attached hydrogens (primary N) is 2. The van der Waals surface area contributed by atoms with Crippen LogP contribution in [0.4, 0.5) is 5.95 Å². The van der Waals surface area contributed by atoms with Crippen LogP contribution >= 0.6 is 19.6 Å². The van der Waals surface area contributed by atoms with Gasteiger partial charge in [0.15, 0.2) is 17.0 Å². The number of rotatable bonds is 10. The fourth-order valence-corrected chi connectivity index (χ4v) is 6.50. The Morgan fingerprint density at radius 2 is 2.10 bits per heavy atom. The first-order valence-corrected chi connectivity index (χ1v) is 15.1. The minimum Gasteiger partial charge on any atom is -0.463 e. The summed E-state index contributed by atoms with van der Waals surface area (Å²) >= 11 is 0.932. The van der Waals surface area contributed by atoms with Gasteiger partial charge in [0.1, 0.15) is 36.0 Å². The van der Waals surface area contributed by atoms with Crippen LogP contribution < -0.4 is 11.5 Å². The number of hydrogen-bond acceptors (Lipinski definition) is 15. The van der Waals surface area contributed by atoms with Gasteiger partial charge in [0, 0.05) is 5.75 Å². The maximum absolute atomic E-state index is 13.2. The summed E-state index contributed by atoms with van der Waals surface area (Å²) in [6.07, 6.45) is 0.0586. The van der Waals surface area contributed by atoms with Gasteiger partial charge in [-0.15, -0.1) is 0 Å². The highest BCUT2D eigenvalue weighted by Gasteiger charge is 2.60. The number of esters is 1. The van der Waals surface area contributed by atoms with Gasteiger partial charge in [-0.05, 0) is 26.7 Å². The minimum absolute atomic E-state index is 0.0258. The van der Waals surface area contributed by atoms with Crippen molar-refractivity contribution in [3.63, 3.8) is 0 Å². The average Bonchev–Trinajstić information content (AvgIpc) is 3.41. The van der Waals surface area contributed by atoms with Crippen molar-refractivity contribution >= 4 is 47.8 Å².